The van der Waals surface area contributed by atoms with Crippen molar-refractivity contribution in [2.24, 2.45) is 11.3 Å². The summed E-state index contributed by atoms with van der Waals surface area (Å²) in [5, 5.41) is 9.76. The average Bonchev–Trinajstić information content (AvgIpc) is 3.16. The van der Waals surface area contributed by atoms with Crippen molar-refractivity contribution in [2.75, 3.05) is 32.8 Å². The van der Waals surface area contributed by atoms with Crippen LogP contribution < -0.4 is 0 Å². The Morgan fingerprint density at radius 3 is 2.39 bits per heavy atom. The zero-order valence-corrected chi connectivity index (χ0v) is 14.8. The van der Waals surface area contributed by atoms with Crippen molar-refractivity contribution in [1.82, 2.24) is 9.80 Å². The van der Waals surface area contributed by atoms with E-state index in [4.69, 9.17) is 0 Å². The lowest BCUT2D eigenvalue weighted by molar-refractivity contribution is -0.141. The third kappa shape index (κ3) is 3.74. The predicted molar refractivity (Wildman–Crippen MR) is 92.2 cm³/mol. The molecule has 1 aliphatic carbocycles. The molecule has 1 atom stereocenters. The van der Waals surface area contributed by atoms with Crippen LogP contribution in [0.4, 0.5) is 0 Å². The summed E-state index contributed by atoms with van der Waals surface area (Å²) in [6, 6.07) is 0.795. The van der Waals surface area contributed by atoms with Crippen LogP contribution in [-0.4, -0.2) is 59.6 Å². The highest BCUT2D eigenvalue weighted by atomic mass is 16.3. The van der Waals surface area contributed by atoms with Crippen molar-refractivity contribution >= 4 is 5.91 Å². The highest BCUT2D eigenvalue weighted by Crippen LogP contribution is 2.35. The summed E-state index contributed by atoms with van der Waals surface area (Å²) in [6.07, 6.45) is 10.6. The van der Waals surface area contributed by atoms with E-state index in [0.717, 1.165) is 64.3 Å². The number of carbonyl (C=O) groups excluding carboxylic acids is 1. The minimum absolute atomic E-state index is 0.0432. The first-order valence-corrected chi connectivity index (χ1v) is 9.81. The smallest absolute Gasteiger partial charge is 0.225 e. The number of nitrogens with zero attached hydrogens (tertiary/aromatic N) is 2. The Morgan fingerprint density at radius 2 is 1.78 bits per heavy atom. The van der Waals surface area contributed by atoms with Crippen molar-refractivity contribution in [3.05, 3.63) is 0 Å². The van der Waals surface area contributed by atoms with Crippen LogP contribution >= 0.6 is 0 Å². The predicted octanol–water partition coefficient (Wildman–Crippen LogP) is 2.65. The maximum absolute atomic E-state index is 12.9. The van der Waals surface area contributed by atoms with E-state index in [1.54, 1.807) is 0 Å². The third-order valence-electron chi connectivity index (χ3n) is 6.78. The van der Waals surface area contributed by atoms with E-state index in [-0.39, 0.29) is 17.9 Å². The molecule has 132 valence electrons. The Balaban J connectivity index is 1.52. The van der Waals surface area contributed by atoms with Gasteiger partial charge in [0.05, 0.1) is 6.61 Å². The van der Waals surface area contributed by atoms with Crippen LogP contribution in [0.1, 0.15) is 64.7 Å². The lowest BCUT2D eigenvalue weighted by Crippen LogP contribution is -2.51. The molecule has 0 spiro atoms. The van der Waals surface area contributed by atoms with Crippen molar-refractivity contribution < 1.29 is 9.90 Å². The number of carbonyl (C=O) groups is 1. The highest BCUT2D eigenvalue weighted by molar-refractivity contribution is 5.79. The van der Waals surface area contributed by atoms with Crippen LogP contribution in [0.15, 0.2) is 0 Å². The first-order valence-electron chi connectivity index (χ1n) is 9.81. The van der Waals surface area contributed by atoms with Gasteiger partial charge in [-0.25, -0.2) is 0 Å². The van der Waals surface area contributed by atoms with Crippen LogP contribution in [0.2, 0.25) is 0 Å². The molecular formula is C19H34N2O2. The number of piperidine rings is 2. The molecule has 2 aliphatic heterocycles. The quantitative estimate of drug-likeness (QED) is 0.865. The number of aliphatic hydroxyl groups excluding tert-OH is 1. The Labute approximate surface area is 141 Å². The van der Waals surface area contributed by atoms with Gasteiger partial charge in [-0.15, -0.1) is 0 Å². The monoisotopic (exact) mass is 322 g/mol. The molecule has 3 aliphatic rings. The normalized spacial score (nSPS) is 31.7. The summed E-state index contributed by atoms with van der Waals surface area (Å²) >= 11 is 0. The van der Waals surface area contributed by atoms with Crippen molar-refractivity contribution in [3.63, 3.8) is 0 Å². The summed E-state index contributed by atoms with van der Waals surface area (Å²) in [4.78, 5) is 17.6. The zero-order chi connectivity index (χ0) is 16.3. The third-order valence-corrected chi connectivity index (χ3v) is 6.78. The molecule has 0 aromatic heterocycles. The van der Waals surface area contributed by atoms with Gasteiger partial charge < -0.3 is 14.9 Å². The number of hydrogen-bond acceptors (Lipinski definition) is 3. The molecule has 23 heavy (non-hydrogen) atoms. The maximum Gasteiger partial charge on any atom is 0.225 e. The second-order valence-electron chi connectivity index (χ2n) is 8.12. The minimum atomic E-state index is -0.0432. The van der Waals surface area contributed by atoms with E-state index in [1.807, 2.05) is 0 Å². The molecule has 1 amide bonds. The molecule has 0 radical (unpaired) electrons. The second kappa shape index (κ2) is 7.52. The standard InChI is InChI=1S/C19H34N2O2/c1-2-19(15-22)10-5-11-21(14-19)18(23)16-8-12-20(13-9-16)17-6-3-4-7-17/h16-17,22H,2-15H2,1H3/t19-/m0/s1. The fourth-order valence-electron chi connectivity index (χ4n) is 4.96. The number of aliphatic hydroxyl groups is 1. The van der Waals surface area contributed by atoms with E-state index >= 15 is 0 Å². The summed E-state index contributed by atoms with van der Waals surface area (Å²) in [5.74, 6) is 0.584. The van der Waals surface area contributed by atoms with Gasteiger partial charge in [-0.2, -0.15) is 0 Å². The highest BCUT2D eigenvalue weighted by Gasteiger charge is 2.38. The molecule has 0 aromatic carbocycles. The molecule has 0 unspecified atom stereocenters. The van der Waals surface area contributed by atoms with E-state index in [1.165, 1.54) is 25.7 Å². The Kier molecular flexibility index (Phi) is 5.63. The topological polar surface area (TPSA) is 43.8 Å². The van der Waals surface area contributed by atoms with Gasteiger partial charge >= 0.3 is 0 Å². The number of rotatable bonds is 4. The molecule has 4 nitrogen and oxygen atoms in total. The molecule has 0 bridgehead atoms. The molecule has 4 heteroatoms. The molecule has 1 N–H and O–H groups in total. The van der Waals surface area contributed by atoms with E-state index in [9.17, 15) is 9.90 Å². The lowest BCUT2D eigenvalue weighted by atomic mass is 9.78. The number of likely N-dealkylation sites (tertiary alicyclic amines) is 2. The van der Waals surface area contributed by atoms with E-state index in [2.05, 4.69) is 16.7 Å². The Morgan fingerprint density at radius 1 is 1.09 bits per heavy atom. The molecular weight excluding hydrogens is 288 g/mol. The molecule has 2 heterocycles. The fraction of sp³-hybridized carbons (Fsp3) is 0.947. The summed E-state index contributed by atoms with van der Waals surface area (Å²) in [6.45, 7) is 6.23. The van der Waals surface area contributed by atoms with Crippen molar-refractivity contribution in [2.45, 2.75) is 70.8 Å². The lowest BCUT2D eigenvalue weighted by Gasteiger charge is -2.43. The minimum Gasteiger partial charge on any atom is -0.396 e. The van der Waals surface area contributed by atoms with E-state index in [0.29, 0.717) is 5.91 Å². The van der Waals surface area contributed by atoms with Gasteiger partial charge in [0.15, 0.2) is 0 Å². The van der Waals surface area contributed by atoms with Gasteiger partial charge in [0.2, 0.25) is 5.91 Å². The van der Waals surface area contributed by atoms with Gasteiger partial charge in [-0.05, 0) is 58.0 Å². The molecule has 3 rings (SSSR count). The van der Waals surface area contributed by atoms with Crippen LogP contribution in [0.5, 0.6) is 0 Å². The first kappa shape index (κ1) is 17.2. The Bertz CT molecular complexity index is 394. The van der Waals surface area contributed by atoms with Crippen LogP contribution in [0.3, 0.4) is 0 Å². The zero-order valence-electron chi connectivity index (χ0n) is 14.8. The van der Waals surface area contributed by atoms with Crippen LogP contribution in [0.25, 0.3) is 0 Å². The molecule has 3 fully saturated rings. The Hall–Kier alpha value is -0.610. The number of amides is 1. The van der Waals surface area contributed by atoms with Gasteiger partial charge in [-0.3, -0.25) is 4.79 Å². The van der Waals surface area contributed by atoms with Gasteiger partial charge in [0.1, 0.15) is 0 Å². The average molecular weight is 322 g/mol. The summed E-state index contributed by atoms with van der Waals surface area (Å²) < 4.78 is 0. The van der Waals surface area contributed by atoms with Crippen LogP contribution in [-0.2, 0) is 4.79 Å². The fourth-order valence-corrected chi connectivity index (χ4v) is 4.96. The van der Waals surface area contributed by atoms with Gasteiger partial charge in [0.25, 0.3) is 0 Å². The SMILES string of the molecule is CC[C@]1(CO)CCCN(C(=O)C2CCN(C3CCCC3)CC2)C1. The molecule has 1 saturated carbocycles. The van der Waals surface area contributed by atoms with Crippen molar-refractivity contribution in [3.8, 4) is 0 Å². The van der Waals surface area contributed by atoms with E-state index < -0.39 is 0 Å². The molecule has 0 aromatic rings. The van der Waals surface area contributed by atoms with Crippen LogP contribution in [0, 0.1) is 11.3 Å². The second-order valence-corrected chi connectivity index (χ2v) is 8.12. The molecule has 2 saturated heterocycles. The largest absolute Gasteiger partial charge is 0.396 e. The van der Waals surface area contributed by atoms with Gasteiger partial charge in [-0.1, -0.05) is 19.8 Å². The van der Waals surface area contributed by atoms with Crippen molar-refractivity contribution in [1.29, 1.82) is 0 Å². The summed E-state index contributed by atoms with van der Waals surface area (Å²) in [7, 11) is 0. The van der Waals surface area contributed by atoms with Gasteiger partial charge in [0, 0.05) is 30.5 Å². The maximum atomic E-state index is 12.9. The first-order chi connectivity index (χ1) is 11.2. The summed E-state index contributed by atoms with van der Waals surface area (Å²) in [5.41, 5.74) is -0.0432. The number of hydrogen-bond donors (Lipinski definition) is 1.